The van der Waals surface area contributed by atoms with Gasteiger partial charge < -0.3 is 24.2 Å². The number of Topliss-reactive ketones (excluding diaryl/α,β-unsaturated/α-hetero) is 1. The average Bonchev–Trinajstić information content (AvgIpc) is 3.37. The van der Waals surface area contributed by atoms with E-state index in [4.69, 9.17) is 14.2 Å². The van der Waals surface area contributed by atoms with Crippen LogP contribution in [0, 0.1) is 6.92 Å². The first kappa shape index (κ1) is 26.2. The predicted molar refractivity (Wildman–Crippen MR) is 139 cm³/mol. The van der Waals surface area contributed by atoms with Crippen LogP contribution in [-0.2, 0) is 14.3 Å². The zero-order valence-corrected chi connectivity index (χ0v) is 21.7. The van der Waals surface area contributed by atoms with E-state index in [1.165, 1.54) is 12.0 Å². The molecule has 1 N–H and O–H groups in total. The second-order valence-corrected chi connectivity index (χ2v) is 8.93. The Kier molecular flexibility index (Phi) is 8.13. The Hall–Kier alpha value is -3.85. The highest BCUT2D eigenvalue weighted by Crippen LogP contribution is 2.42. The number of pyridine rings is 1. The van der Waals surface area contributed by atoms with Crippen molar-refractivity contribution in [3.05, 3.63) is 65.1 Å². The molecule has 1 aliphatic rings. The van der Waals surface area contributed by atoms with E-state index in [1.54, 1.807) is 42.8 Å². The van der Waals surface area contributed by atoms with Crippen molar-refractivity contribution in [2.24, 2.45) is 0 Å². The number of rotatable bonds is 11. The molecule has 1 amide bonds. The first-order valence-electron chi connectivity index (χ1n) is 12.4. The van der Waals surface area contributed by atoms with Gasteiger partial charge in [0.25, 0.3) is 11.7 Å². The van der Waals surface area contributed by atoms with Gasteiger partial charge in [-0.2, -0.15) is 0 Å². The van der Waals surface area contributed by atoms with Crippen LogP contribution in [0.2, 0.25) is 0 Å². The maximum atomic E-state index is 13.3. The SMILES string of the molecule is CCCCCOc1ccc(C2/C(=C(\O)c3c(C)nc4ccccn34)C(=O)C(=O)N2CCOC)cc1OC. The number of imidazole rings is 1. The van der Waals surface area contributed by atoms with Crippen LogP contribution in [0.3, 0.4) is 0 Å². The Balaban J connectivity index is 1.83. The monoisotopic (exact) mass is 507 g/mol. The fourth-order valence-electron chi connectivity index (χ4n) is 4.68. The van der Waals surface area contributed by atoms with Gasteiger partial charge in [-0.25, -0.2) is 4.98 Å². The van der Waals surface area contributed by atoms with Crippen molar-refractivity contribution in [1.82, 2.24) is 14.3 Å². The van der Waals surface area contributed by atoms with Gasteiger partial charge >= 0.3 is 0 Å². The number of likely N-dealkylation sites (tertiary alicyclic amines) is 1. The van der Waals surface area contributed by atoms with Gasteiger partial charge in [-0.05, 0) is 43.2 Å². The number of aryl methyl sites for hydroxylation is 1. The summed E-state index contributed by atoms with van der Waals surface area (Å²) >= 11 is 0. The lowest BCUT2D eigenvalue weighted by atomic mass is 9.96. The normalized spacial score (nSPS) is 17.1. The van der Waals surface area contributed by atoms with E-state index in [0.29, 0.717) is 40.7 Å². The molecule has 9 nitrogen and oxygen atoms in total. The molecule has 1 atom stereocenters. The fourth-order valence-corrected chi connectivity index (χ4v) is 4.68. The van der Waals surface area contributed by atoms with Crippen LogP contribution in [0.1, 0.15) is 49.2 Å². The lowest BCUT2D eigenvalue weighted by molar-refractivity contribution is -0.140. The quantitative estimate of drug-likeness (QED) is 0.179. The molecule has 1 fully saturated rings. The number of benzene rings is 1. The maximum absolute atomic E-state index is 13.3. The van der Waals surface area contributed by atoms with Crippen molar-refractivity contribution < 1.29 is 28.9 Å². The van der Waals surface area contributed by atoms with Gasteiger partial charge in [-0.15, -0.1) is 0 Å². The average molecular weight is 508 g/mol. The smallest absolute Gasteiger partial charge is 0.295 e. The standard InChI is InChI=1S/C28H33N3O6/c1-5-6-9-15-37-20-12-11-19(17-21(20)36-4)25-23(27(33)28(34)31(25)14-16-35-3)26(32)24-18(2)29-22-10-7-8-13-30(22)24/h7-8,10-13,17,25,32H,5-6,9,14-16H2,1-4H3/b26-23+. The molecular formula is C28H33N3O6. The third kappa shape index (κ3) is 5.04. The summed E-state index contributed by atoms with van der Waals surface area (Å²) in [6.07, 6.45) is 4.84. The Morgan fingerprint density at radius 3 is 2.62 bits per heavy atom. The number of hydrogen-bond acceptors (Lipinski definition) is 7. The summed E-state index contributed by atoms with van der Waals surface area (Å²) in [6, 6.07) is 9.94. The summed E-state index contributed by atoms with van der Waals surface area (Å²) in [6.45, 7) is 4.85. The number of ether oxygens (including phenoxy) is 3. The van der Waals surface area contributed by atoms with Crippen LogP contribution in [0.15, 0.2) is 48.2 Å². The van der Waals surface area contributed by atoms with Crippen LogP contribution in [0.4, 0.5) is 0 Å². The fraction of sp³-hybridized carbons (Fsp3) is 0.393. The molecule has 2 aromatic heterocycles. The Morgan fingerprint density at radius 2 is 1.89 bits per heavy atom. The molecule has 0 saturated carbocycles. The number of carbonyl (C=O) groups is 2. The van der Waals surface area contributed by atoms with Crippen LogP contribution >= 0.6 is 0 Å². The van der Waals surface area contributed by atoms with Gasteiger partial charge in [-0.1, -0.05) is 31.9 Å². The molecular weight excluding hydrogens is 474 g/mol. The zero-order chi connectivity index (χ0) is 26.5. The van der Waals surface area contributed by atoms with E-state index in [-0.39, 0.29) is 24.5 Å². The van der Waals surface area contributed by atoms with Crippen molar-refractivity contribution in [2.75, 3.05) is 34.0 Å². The number of carbonyl (C=O) groups excluding carboxylic acids is 2. The van der Waals surface area contributed by atoms with Crippen molar-refractivity contribution in [3.63, 3.8) is 0 Å². The first-order chi connectivity index (χ1) is 17.9. The molecule has 1 aliphatic heterocycles. The maximum Gasteiger partial charge on any atom is 0.295 e. The molecule has 196 valence electrons. The minimum absolute atomic E-state index is 0.00600. The molecule has 3 heterocycles. The van der Waals surface area contributed by atoms with Crippen LogP contribution in [0.25, 0.3) is 11.4 Å². The van der Waals surface area contributed by atoms with Crippen LogP contribution in [-0.4, -0.2) is 65.1 Å². The Labute approximate surface area is 216 Å². The molecule has 1 aromatic carbocycles. The largest absolute Gasteiger partial charge is 0.505 e. The molecule has 0 radical (unpaired) electrons. The molecule has 3 aromatic rings. The summed E-state index contributed by atoms with van der Waals surface area (Å²) in [7, 11) is 3.07. The molecule has 37 heavy (non-hydrogen) atoms. The van der Waals surface area contributed by atoms with Crippen LogP contribution < -0.4 is 9.47 Å². The van der Waals surface area contributed by atoms with Gasteiger partial charge in [0.15, 0.2) is 17.3 Å². The highest BCUT2D eigenvalue weighted by Gasteiger charge is 2.46. The lowest BCUT2D eigenvalue weighted by Gasteiger charge is -2.25. The van der Waals surface area contributed by atoms with E-state index in [9.17, 15) is 14.7 Å². The lowest BCUT2D eigenvalue weighted by Crippen LogP contribution is -2.32. The van der Waals surface area contributed by atoms with Gasteiger partial charge in [0.2, 0.25) is 0 Å². The highest BCUT2D eigenvalue weighted by atomic mass is 16.5. The number of methoxy groups -OCH3 is 2. The van der Waals surface area contributed by atoms with E-state index < -0.39 is 17.7 Å². The summed E-state index contributed by atoms with van der Waals surface area (Å²) < 4.78 is 18.4. The Morgan fingerprint density at radius 1 is 1.08 bits per heavy atom. The van der Waals surface area contributed by atoms with Crippen molar-refractivity contribution in [1.29, 1.82) is 0 Å². The summed E-state index contributed by atoms with van der Waals surface area (Å²) in [5, 5.41) is 11.5. The molecule has 1 unspecified atom stereocenters. The van der Waals surface area contributed by atoms with Gasteiger partial charge in [-0.3, -0.25) is 14.0 Å². The van der Waals surface area contributed by atoms with Crippen molar-refractivity contribution in [2.45, 2.75) is 39.2 Å². The number of unbranched alkanes of at least 4 members (excludes halogenated alkanes) is 2. The number of ketones is 1. The minimum atomic E-state index is -0.841. The molecule has 0 aliphatic carbocycles. The zero-order valence-electron chi connectivity index (χ0n) is 21.7. The number of aliphatic hydroxyl groups excluding tert-OH is 1. The van der Waals surface area contributed by atoms with Crippen LogP contribution in [0.5, 0.6) is 11.5 Å². The van der Waals surface area contributed by atoms with E-state index in [2.05, 4.69) is 11.9 Å². The highest BCUT2D eigenvalue weighted by molar-refractivity contribution is 6.46. The number of fused-ring (bicyclic) bond motifs is 1. The molecule has 0 spiro atoms. The minimum Gasteiger partial charge on any atom is -0.505 e. The summed E-state index contributed by atoms with van der Waals surface area (Å²) in [5.41, 5.74) is 2.14. The third-order valence-corrected chi connectivity index (χ3v) is 6.51. The molecule has 0 bridgehead atoms. The second kappa shape index (κ2) is 11.5. The molecule has 1 saturated heterocycles. The topological polar surface area (TPSA) is 103 Å². The van der Waals surface area contributed by atoms with Gasteiger partial charge in [0, 0.05) is 19.9 Å². The van der Waals surface area contributed by atoms with Crippen molar-refractivity contribution in [3.8, 4) is 11.5 Å². The molecule has 9 heteroatoms. The number of amides is 1. The van der Waals surface area contributed by atoms with E-state index >= 15 is 0 Å². The Bertz CT molecular complexity index is 1330. The number of aromatic nitrogens is 2. The van der Waals surface area contributed by atoms with E-state index in [0.717, 1.165) is 19.3 Å². The summed E-state index contributed by atoms with van der Waals surface area (Å²) in [5.74, 6) is -0.680. The van der Waals surface area contributed by atoms with Gasteiger partial charge in [0.05, 0.1) is 37.6 Å². The second-order valence-electron chi connectivity index (χ2n) is 8.93. The van der Waals surface area contributed by atoms with E-state index in [1.807, 2.05) is 18.2 Å². The molecule has 4 rings (SSSR count). The summed E-state index contributed by atoms with van der Waals surface area (Å²) in [4.78, 5) is 32.4. The third-order valence-electron chi connectivity index (χ3n) is 6.51. The predicted octanol–water partition coefficient (Wildman–Crippen LogP) is 4.29. The van der Waals surface area contributed by atoms with Crippen molar-refractivity contribution >= 4 is 23.1 Å². The number of hydrogen-bond donors (Lipinski definition) is 1. The number of aliphatic hydroxyl groups is 1. The van der Waals surface area contributed by atoms with Gasteiger partial charge in [0.1, 0.15) is 11.3 Å². The number of nitrogens with zero attached hydrogens (tertiary/aromatic N) is 3. The first-order valence-corrected chi connectivity index (χ1v) is 12.4.